The third-order valence-electron chi connectivity index (χ3n) is 4.89. The van der Waals surface area contributed by atoms with Crippen molar-refractivity contribution in [1.29, 1.82) is 0 Å². The van der Waals surface area contributed by atoms with Crippen LogP contribution in [0.1, 0.15) is 45.1 Å². The maximum atomic E-state index is 12.3. The Kier molecular flexibility index (Phi) is 7.70. The molecule has 6 nitrogen and oxygen atoms in total. The number of carbonyl (C=O) groups is 2. The molecule has 0 fully saturated rings. The van der Waals surface area contributed by atoms with E-state index in [1.165, 1.54) is 0 Å². The Morgan fingerprint density at radius 1 is 0.710 bits per heavy atom. The minimum absolute atomic E-state index is 0.301. The van der Waals surface area contributed by atoms with E-state index in [2.05, 4.69) is 0 Å². The van der Waals surface area contributed by atoms with Crippen molar-refractivity contribution in [3.8, 4) is 11.5 Å². The molecule has 0 saturated carbocycles. The third kappa shape index (κ3) is 5.45. The summed E-state index contributed by atoms with van der Waals surface area (Å²) in [5.41, 5.74) is 0.975. The van der Waals surface area contributed by atoms with Gasteiger partial charge in [0.05, 0.1) is 13.2 Å². The molecule has 6 heteroatoms. The molecule has 0 aliphatic carbocycles. The second-order valence-electron chi connectivity index (χ2n) is 7.36. The second kappa shape index (κ2) is 10.7. The normalized spacial score (nSPS) is 10.8. The molecule has 0 radical (unpaired) electrons. The number of carbonyl (C=O) groups excluding carboxylic acids is 2. The maximum absolute atomic E-state index is 12.3. The molecule has 0 bridgehead atoms. The Balaban J connectivity index is 2.07. The van der Waals surface area contributed by atoms with Crippen LogP contribution in [-0.2, 0) is 9.47 Å². The minimum atomic E-state index is -0.756. The topological polar surface area (TPSA) is 71.1 Å². The number of hydrogen-bond acceptors (Lipinski definition) is 6. The fraction of sp³-hybridized carbons (Fsp3) is 0.360. The summed E-state index contributed by atoms with van der Waals surface area (Å²) >= 11 is 0. The monoisotopic (exact) mass is 424 g/mol. The van der Waals surface area contributed by atoms with E-state index in [-0.39, 0.29) is 0 Å². The molecule has 0 aliphatic rings. The number of fused-ring (bicyclic) bond motifs is 2. The maximum Gasteiger partial charge on any atom is 0.513 e. The van der Waals surface area contributed by atoms with Crippen LogP contribution in [0.2, 0.25) is 0 Å². The molecular weight excluding hydrogens is 396 g/mol. The summed E-state index contributed by atoms with van der Waals surface area (Å²) in [6.45, 7) is 6.58. The molecule has 3 aromatic rings. The number of benzene rings is 3. The number of aryl methyl sites for hydroxylation is 1. The van der Waals surface area contributed by atoms with Crippen molar-refractivity contribution in [1.82, 2.24) is 0 Å². The van der Waals surface area contributed by atoms with E-state index in [4.69, 9.17) is 18.9 Å². The third-order valence-corrected chi connectivity index (χ3v) is 4.89. The fourth-order valence-electron chi connectivity index (χ4n) is 3.26. The molecule has 3 rings (SSSR count). The molecule has 0 unspecified atom stereocenters. The molecule has 0 aliphatic heterocycles. The molecule has 0 spiro atoms. The Morgan fingerprint density at radius 2 is 1.19 bits per heavy atom. The van der Waals surface area contributed by atoms with Crippen LogP contribution in [0, 0.1) is 6.92 Å². The molecule has 0 heterocycles. The van der Waals surface area contributed by atoms with Gasteiger partial charge in [0.1, 0.15) is 11.5 Å². The van der Waals surface area contributed by atoms with Crippen LogP contribution < -0.4 is 9.47 Å². The van der Waals surface area contributed by atoms with E-state index in [0.29, 0.717) is 46.3 Å². The molecule has 0 saturated heterocycles. The lowest BCUT2D eigenvalue weighted by Gasteiger charge is -2.16. The number of rotatable bonds is 8. The van der Waals surface area contributed by atoms with Gasteiger partial charge in [0.15, 0.2) is 0 Å². The van der Waals surface area contributed by atoms with Gasteiger partial charge >= 0.3 is 12.3 Å². The zero-order valence-electron chi connectivity index (χ0n) is 18.2. The minimum Gasteiger partial charge on any atom is -0.434 e. The van der Waals surface area contributed by atoms with Crippen molar-refractivity contribution in [3.63, 3.8) is 0 Å². The zero-order valence-corrected chi connectivity index (χ0v) is 18.2. The molecule has 164 valence electrons. The predicted molar refractivity (Wildman–Crippen MR) is 120 cm³/mol. The first-order valence-electron chi connectivity index (χ1n) is 10.7. The van der Waals surface area contributed by atoms with Crippen LogP contribution in [0.15, 0.2) is 42.5 Å². The van der Waals surface area contributed by atoms with Gasteiger partial charge in [-0.15, -0.1) is 0 Å². The largest absolute Gasteiger partial charge is 0.513 e. The highest BCUT2D eigenvalue weighted by Gasteiger charge is 2.21. The molecular formula is C25H28O6. The van der Waals surface area contributed by atoms with Crippen LogP contribution in [-0.4, -0.2) is 25.5 Å². The summed E-state index contributed by atoms with van der Waals surface area (Å²) in [7, 11) is 0. The van der Waals surface area contributed by atoms with Gasteiger partial charge in [-0.05, 0) is 25.8 Å². The van der Waals surface area contributed by atoms with E-state index in [0.717, 1.165) is 31.2 Å². The van der Waals surface area contributed by atoms with Crippen molar-refractivity contribution in [2.45, 2.75) is 46.5 Å². The second-order valence-corrected chi connectivity index (χ2v) is 7.36. The van der Waals surface area contributed by atoms with E-state index < -0.39 is 12.3 Å². The first kappa shape index (κ1) is 22.4. The van der Waals surface area contributed by atoms with Gasteiger partial charge in [-0.25, -0.2) is 9.59 Å². The Hall–Kier alpha value is -3.28. The zero-order chi connectivity index (χ0) is 22.2. The predicted octanol–water partition coefficient (Wildman–Crippen LogP) is 6.93. The van der Waals surface area contributed by atoms with E-state index in [1.807, 2.05) is 63.2 Å². The van der Waals surface area contributed by atoms with Crippen molar-refractivity contribution in [2.24, 2.45) is 0 Å². The van der Waals surface area contributed by atoms with Gasteiger partial charge in [-0.3, -0.25) is 0 Å². The first-order chi connectivity index (χ1) is 15.0. The summed E-state index contributed by atoms with van der Waals surface area (Å²) in [6.07, 6.45) is 1.85. The van der Waals surface area contributed by atoms with Gasteiger partial charge in [0.2, 0.25) is 0 Å². The van der Waals surface area contributed by atoms with Crippen molar-refractivity contribution >= 4 is 33.9 Å². The molecule has 0 aromatic heterocycles. The van der Waals surface area contributed by atoms with E-state index >= 15 is 0 Å². The Bertz CT molecular complexity index is 1070. The van der Waals surface area contributed by atoms with Crippen LogP contribution in [0.3, 0.4) is 0 Å². The first-order valence-corrected chi connectivity index (χ1v) is 10.7. The molecule has 0 atom stereocenters. The van der Waals surface area contributed by atoms with Gasteiger partial charge in [0.25, 0.3) is 0 Å². The standard InChI is InChI=1S/C25H28O6/c1-4-6-14-28-24(26)30-22-18-10-8-9-11-19(18)23(31-25(27)29-15-7-5-2)21-16-17(3)12-13-20(21)22/h8-13,16H,4-7,14-15H2,1-3H3. The molecule has 31 heavy (non-hydrogen) atoms. The number of hydrogen-bond donors (Lipinski definition) is 0. The average molecular weight is 424 g/mol. The summed E-state index contributed by atoms with van der Waals surface area (Å²) in [4.78, 5) is 24.6. The van der Waals surface area contributed by atoms with Gasteiger partial charge in [0, 0.05) is 21.5 Å². The van der Waals surface area contributed by atoms with Crippen LogP contribution in [0.4, 0.5) is 9.59 Å². The quantitative estimate of drug-likeness (QED) is 0.169. The number of unbranched alkanes of at least 4 members (excludes halogenated alkanes) is 2. The summed E-state index contributed by atoms with van der Waals surface area (Å²) in [5.74, 6) is 0.751. The summed E-state index contributed by atoms with van der Waals surface area (Å²) in [5, 5.41) is 2.59. The summed E-state index contributed by atoms with van der Waals surface area (Å²) in [6, 6.07) is 13.0. The lowest BCUT2D eigenvalue weighted by Crippen LogP contribution is -2.13. The molecule has 3 aromatic carbocycles. The highest BCUT2D eigenvalue weighted by atomic mass is 16.7. The smallest absolute Gasteiger partial charge is 0.434 e. The molecule has 0 amide bonds. The number of ether oxygens (including phenoxy) is 4. The fourth-order valence-corrected chi connectivity index (χ4v) is 3.26. The SMILES string of the molecule is CCCCOC(=O)Oc1c2ccccc2c(OC(=O)OCCCC)c2cc(C)ccc12. The molecule has 0 N–H and O–H groups in total. The lowest BCUT2D eigenvalue weighted by molar-refractivity contribution is 0.0970. The van der Waals surface area contributed by atoms with Crippen LogP contribution >= 0.6 is 0 Å². The van der Waals surface area contributed by atoms with E-state index in [9.17, 15) is 9.59 Å². The van der Waals surface area contributed by atoms with E-state index in [1.54, 1.807) is 0 Å². The summed E-state index contributed by atoms with van der Waals surface area (Å²) < 4.78 is 21.7. The Morgan fingerprint density at radius 3 is 1.71 bits per heavy atom. The van der Waals surface area contributed by atoms with Crippen molar-refractivity contribution in [3.05, 3.63) is 48.0 Å². The Labute approximate surface area is 182 Å². The highest BCUT2D eigenvalue weighted by Crippen LogP contribution is 2.43. The average Bonchev–Trinajstić information content (AvgIpc) is 2.76. The van der Waals surface area contributed by atoms with Crippen molar-refractivity contribution in [2.75, 3.05) is 13.2 Å². The van der Waals surface area contributed by atoms with Crippen molar-refractivity contribution < 1.29 is 28.5 Å². The highest BCUT2D eigenvalue weighted by molar-refractivity contribution is 6.12. The van der Waals surface area contributed by atoms with Gasteiger partial charge < -0.3 is 18.9 Å². The van der Waals surface area contributed by atoms with Gasteiger partial charge in [-0.1, -0.05) is 68.7 Å². The van der Waals surface area contributed by atoms with Gasteiger partial charge in [-0.2, -0.15) is 0 Å². The lowest BCUT2D eigenvalue weighted by atomic mass is 9.99. The van der Waals surface area contributed by atoms with Crippen LogP contribution in [0.25, 0.3) is 21.5 Å². The van der Waals surface area contributed by atoms with Crippen LogP contribution in [0.5, 0.6) is 11.5 Å².